The predicted octanol–water partition coefficient (Wildman–Crippen LogP) is 3.21. The molecule has 132 valence electrons. The Morgan fingerprint density at radius 1 is 0.960 bits per heavy atom. The van der Waals surface area contributed by atoms with Gasteiger partial charge in [0.15, 0.2) is 0 Å². The van der Waals surface area contributed by atoms with Gasteiger partial charge in [-0.05, 0) is 28.7 Å². The summed E-state index contributed by atoms with van der Waals surface area (Å²) in [5.41, 5.74) is 3.64. The van der Waals surface area contributed by atoms with E-state index < -0.39 is 11.8 Å². The van der Waals surface area contributed by atoms with Gasteiger partial charge in [0.1, 0.15) is 0 Å². The molecule has 5 heteroatoms. The van der Waals surface area contributed by atoms with Gasteiger partial charge in [0, 0.05) is 19.3 Å². The molecule has 0 aliphatic rings. The summed E-state index contributed by atoms with van der Waals surface area (Å²) in [5, 5.41) is 5.32. The van der Waals surface area contributed by atoms with E-state index in [4.69, 9.17) is 4.74 Å². The second kappa shape index (κ2) is 8.99. The first kappa shape index (κ1) is 18.7. The van der Waals surface area contributed by atoms with Gasteiger partial charge in [-0.2, -0.15) is 0 Å². The van der Waals surface area contributed by atoms with Gasteiger partial charge >= 0.3 is 11.8 Å². The molecule has 2 rings (SSSR count). The molecule has 0 saturated heterocycles. The van der Waals surface area contributed by atoms with Crippen molar-refractivity contribution in [1.29, 1.82) is 0 Å². The van der Waals surface area contributed by atoms with Crippen LogP contribution in [0, 0.1) is 0 Å². The maximum absolute atomic E-state index is 12.1. The molecule has 0 aliphatic heterocycles. The Balaban J connectivity index is 1.91. The van der Waals surface area contributed by atoms with Gasteiger partial charge in [-0.1, -0.05) is 56.3 Å². The average Bonchev–Trinajstić information content (AvgIpc) is 2.61. The van der Waals surface area contributed by atoms with Crippen molar-refractivity contribution in [3.8, 4) is 0 Å². The first-order valence-corrected chi connectivity index (χ1v) is 8.26. The molecule has 0 aromatic heterocycles. The molecule has 0 saturated carbocycles. The van der Waals surface area contributed by atoms with Crippen LogP contribution in [0.5, 0.6) is 0 Å². The van der Waals surface area contributed by atoms with E-state index in [2.05, 4.69) is 10.6 Å². The highest BCUT2D eigenvalue weighted by molar-refractivity contribution is 6.39. The van der Waals surface area contributed by atoms with Crippen molar-refractivity contribution >= 4 is 17.5 Å². The number of amides is 2. The van der Waals surface area contributed by atoms with Gasteiger partial charge < -0.3 is 15.4 Å². The molecule has 0 radical (unpaired) electrons. The minimum Gasteiger partial charge on any atom is -0.380 e. The number of anilines is 1. The zero-order valence-corrected chi connectivity index (χ0v) is 14.8. The molecule has 25 heavy (non-hydrogen) atoms. The third kappa shape index (κ3) is 5.43. The van der Waals surface area contributed by atoms with E-state index in [0.29, 0.717) is 18.8 Å². The Hall–Kier alpha value is -2.66. The van der Waals surface area contributed by atoms with Crippen molar-refractivity contribution in [3.05, 3.63) is 65.2 Å². The topological polar surface area (TPSA) is 67.4 Å². The predicted molar refractivity (Wildman–Crippen MR) is 98.2 cm³/mol. The molecule has 0 bridgehead atoms. The number of methoxy groups -OCH3 is 1. The highest BCUT2D eigenvalue weighted by Crippen LogP contribution is 2.23. The molecular formula is C20H24N2O3. The Morgan fingerprint density at radius 2 is 1.60 bits per heavy atom. The summed E-state index contributed by atoms with van der Waals surface area (Å²) in [6.45, 7) is 4.92. The average molecular weight is 340 g/mol. The normalized spacial score (nSPS) is 10.6. The summed E-state index contributed by atoms with van der Waals surface area (Å²) < 4.78 is 5.06. The Bertz CT molecular complexity index is 724. The van der Waals surface area contributed by atoms with Gasteiger partial charge in [-0.25, -0.2) is 0 Å². The zero-order valence-electron chi connectivity index (χ0n) is 14.8. The molecule has 0 atom stereocenters. The van der Waals surface area contributed by atoms with Crippen LogP contribution in [0.25, 0.3) is 0 Å². The van der Waals surface area contributed by atoms with Crippen molar-refractivity contribution in [2.75, 3.05) is 12.4 Å². The van der Waals surface area contributed by atoms with Gasteiger partial charge in [-0.3, -0.25) is 9.59 Å². The minimum atomic E-state index is -0.663. The van der Waals surface area contributed by atoms with Crippen LogP contribution in [0.1, 0.15) is 36.5 Å². The number of nitrogens with one attached hydrogen (secondary N) is 2. The zero-order chi connectivity index (χ0) is 18.2. The van der Waals surface area contributed by atoms with Crippen molar-refractivity contribution < 1.29 is 14.3 Å². The lowest BCUT2D eigenvalue weighted by molar-refractivity contribution is -0.136. The van der Waals surface area contributed by atoms with Gasteiger partial charge in [-0.15, -0.1) is 0 Å². The number of para-hydroxylation sites is 1. The monoisotopic (exact) mass is 340 g/mol. The number of carbonyl (C=O) groups is 2. The molecule has 2 aromatic rings. The minimum absolute atomic E-state index is 0.255. The van der Waals surface area contributed by atoms with Crippen LogP contribution in [0.4, 0.5) is 5.69 Å². The van der Waals surface area contributed by atoms with Crippen molar-refractivity contribution in [2.45, 2.75) is 32.9 Å². The number of ether oxygens (including phenoxy) is 1. The summed E-state index contributed by atoms with van der Waals surface area (Å²) in [5.74, 6) is -1.06. The largest absolute Gasteiger partial charge is 0.380 e. The number of hydrogen-bond donors (Lipinski definition) is 2. The third-order valence-electron chi connectivity index (χ3n) is 3.82. The van der Waals surface area contributed by atoms with E-state index in [-0.39, 0.29) is 5.92 Å². The smallest absolute Gasteiger partial charge is 0.313 e. The molecule has 0 spiro atoms. The molecule has 2 amide bonds. The van der Waals surface area contributed by atoms with E-state index in [1.807, 2.05) is 56.3 Å². The van der Waals surface area contributed by atoms with Crippen molar-refractivity contribution in [2.24, 2.45) is 0 Å². The van der Waals surface area contributed by atoms with Crippen LogP contribution >= 0.6 is 0 Å². The molecule has 0 unspecified atom stereocenters. The fourth-order valence-electron chi connectivity index (χ4n) is 2.48. The van der Waals surface area contributed by atoms with E-state index in [9.17, 15) is 9.59 Å². The summed E-state index contributed by atoms with van der Waals surface area (Å²) in [6, 6.07) is 15.2. The quantitative estimate of drug-likeness (QED) is 0.794. The fraction of sp³-hybridized carbons (Fsp3) is 0.300. The first-order chi connectivity index (χ1) is 12.0. The summed E-state index contributed by atoms with van der Waals surface area (Å²) in [7, 11) is 1.64. The SMILES string of the molecule is COCc1ccc(CNC(=O)C(=O)Nc2ccccc2C(C)C)cc1. The second-order valence-electron chi connectivity index (χ2n) is 6.13. The Labute approximate surface area is 148 Å². The van der Waals surface area contributed by atoms with Gasteiger partial charge in [0.05, 0.1) is 6.61 Å². The third-order valence-corrected chi connectivity index (χ3v) is 3.82. The number of hydrogen-bond acceptors (Lipinski definition) is 3. The summed E-state index contributed by atoms with van der Waals surface area (Å²) in [4.78, 5) is 24.1. The van der Waals surface area contributed by atoms with E-state index in [1.54, 1.807) is 13.2 Å². The maximum atomic E-state index is 12.1. The standard InChI is InChI=1S/C20H24N2O3/c1-14(2)17-6-4-5-7-18(17)22-20(24)19(23)21-12-15-8-10-16(11-9-15)13-25-3/h4-11,14H,12-13H2,1-3H3,(H,21,23)(H,22,24). The Kier molecular flexibility index (Phi) is 6.71. The lowest BCUT2D eigenvalue weighted by atomic mass is 10.0. The first-order valence-electron chi connectivity index (χ1n) is 8.26. The molecule has 2 aromatic carbocycles. The molecule has 0 aliphatic carbocycles. The lowest BCUT2D eigenvalue weighted by Gasteiger charge is -2.13. The summed E-state index contributed by atoms with van der Waals surface area (Å²) in [6.07, 6.45) is 0. The molecule has 0 heterocycles. The highest BCUT2D eigenvalue weighted by atomic mass is 16.5. The van der Waals surface area contributed by atoms with Crippen LogP contribution in [-0.2, 0) is 27.5 Å². The van der Waals surface area contributed by atoms with Gasteiger partial charge in [0.2, 0.25) is 0 Å². The molecule has 5 nitrogen and oxygen atoms in total. The van der Waals surface area contributed by atoms with Crippen LogP contribution < -0.4 is 10.6 Å². The van der Waals surface area contributed by atoms with Crippen molar-refractivity contribution in [3.63, 3.8) is 0 Å². The van der Waals surface area contributed by atoms with Crippen LogP contribution in [-0.4, -0.2) is 18.9 Å². The van der Waals surface area contributed by atoms with E-state index in [1.165, 1.54) is 0 Å². The molecular weight excluding hydrogens is 316 g/mol. The number of carbonyl (C=O) groups excluding carboxylic acids is 2. The lowest BCUT2D eigenvalue weighted by Crippen LogP contribution is -2.35. The number of rotatable bonds is 6. The summed E-state index contributed by atoms with van der Waals surface area (Å²) >= 11 is 0. The maximum Gasteiger partial charge on any atom is 0.313 e. The Morgan fingerprint density at radius 3 is 2.24 bits per heavy atom. The van der Waals surface area contributed by atoms with Crippen LogP contribution in [0.2, 0.25) is 0 Å². The van der Waals surface area contributed by atoms with E-state index in [0.717, 1.165) is 16.7 Å². The number of benzene rings is 2. The van der Waals surface area contributed by atoms with Crippen molar-refractivity contribution in [1.82, 2.24) is 5.32 Å². The molecule has 2 N–H and O–H groups in total. The van der Waals surface area contributed by atoms with Gasteiger partial charge in [0.25, 0.3) is 0 Å². The van der Waals surface area contributed by atoms with Crippen LogP contribution in [0.3, 0.4) is 0 Å². The highest BCUT2D eigenvalue weighted by Gasteiger charge is 2.15. The molecule has 0 fully saturated rings. The fourth-order valence-corrected chi connectivity index (χ4v) is 2.48. The van der Waals surface area contributed by atoms with E-state index >= 15 is 0 Å². The van der Waals surface area contributed by atoms with Crippen LogP contribution in [0.15, 0.2) is 48.5 Å². The second-order valence-corrected chi connectivity index (χ2v) is 6.13.